The van der Waals surface area contributed by atoms with Gasteiger partial charge in [0, 0.05) is 36.6 Å². The first kappa shape index (κ1) is 15.3. The lowest BCUT2D eigenvalue weighted by Crippen LogP contribution is -2.05. The number of hydrogen-bond donors (Lipinski definition) is 2. The molecular weight excluding hydrogens is 242 g/mol. The summed E-state index contributed by atoms with van der Waals surface area (Å²) in [7, 11) is 0. The average molecular weight is 265 g/mol. The molecule has 2 N–H and O–H groups in total. The van der Waals surface area contributed by atoms with Crippen LogP contribution in [0.1, 0.15) is 33.6 Å². The fourth-order valence-corrected chi connectivity index (χ4v) is 1.87. The molecule has 0 aromatic heterocycles. The topological polar surface area (TPSA) is 67.2 Å². The van der Waals surface area contributed by atoms with Gasteiger partial charge in [-0.3, -0.25) is 10.1 Å². The molecule has 0 unspecified atom stereocenters. The third-order valence-corrected chi connectivity index (χ3v) is 2.80. The molecular formula is C14H23N3O2. The first-order valence-corrected chi connectivity index (χ1v) is 6.80. The molecule has 1 aromatic rings. The van der Waals surface area contributed by atoms with E-state index in [0.29, 0.717) is 5.92 Å². The second-order valence-corrected chi connectivity index (χ2v) is 5.02. The van der Waals surface area contributed by atoms with Gasteiger partial charge >= 0.3 is 0 Å². The highest BCUT2D eigenvalue weighted by Gasteiger charge is 2.09. The van der Waals surface area contributed by atoms with Gasteiger partial charge in [-0.05, 0) is 31.7 Å². The summed E-state index contributed by atoms with van der Waals surface area (Å²) in [6.45, 7) is 7.93. The summed E-state index contributed by atoms with van der Waals surface area (Å²) in [5.41, 5.74) is 1.70. The van der Waals surface area contributed by atoms with Crippen LogP contribution >= 0.6 is 0 Å². The van der Waals surface area contributed by atoms with Crippen LogP contribution in [0.4, 0.5) is 17.1 Å². The van der Waals surface area contributed by atoms with Crippen LogP contribution in [0.5, 0.6) is 0 Å². The van der Waals surface area contributed by atoms with Crippen molar-refractivity contribution in [3.05, 3.63) is 28.3 Å². The molecule has 0 atom stereocenters. The second kappa shape index (κ2) is 7.61. The summed E-state index contributed by atoms with van der Waals surface area (Å²) >= 11 is 0. The van der Waals surface area contributed by atoms with E-state index in [1.54, 1.807) is 12.1 Å². The van der Waals surface area contributed by atoms with Crippen LogP contribution in [-0.4, -0.2) is 18.0 Å². The van der Waals surface area contributed by atoms with E-state index >= 15 is 0 Å². The maximum atomic E-state index is 10.9. The molecule has 0 saturated carbocycles. The summed E-state index contributed by atoms with van der Waals surface area (Å²) in [5.74, 6) is 0.684. The average Bonchev–Trinajstić information content (AvgIpc) is 2.34. The minimum absolute atomic E-state index is 0.116. The molecule has 1 aromatic carbocycles. The lowest BCUT2D eigenvalue weighted by Gasteiger charge is -2.10. The standard InChI is InChI=1S/C14H23N3O2/c1-4-15-12-8-13(10-14(9-12)17(18)19)16-7-5-6-11(2)3/h8-11,15-16H,4-7H2,1-3H3. The van der Waals surface area contributed by atoms with Gasteiger partial charge in [0.15, 0.2) is 0 Å². The second-order valence-electron chi connectivity index (χ2n) is 5.02. The van der Waals surface area contributed by atoms with Gasteiger partial charge in [0.2, 0.25) is 0 Å². The van der Waals surface area contributed by atoms with E-state index in [1.165, 1.54) is 0 Å². The fraction of sp³-hybridized carbons (Fsp3) is 0.571. The molecule has 0 spiro atoms. The number of benzene rings is 1. The third kappa shape index (κ3) is 5.59. The Balaban J connectivity index is 2.67. The number of nitrogens with one attached hydrogen (secondary N) is 2. The van der Waals surface area contributed by atoms with Crippen molar-refractivity contribution in [3.8, 4) is 0 Å². The minimum Gasteiger partial charge on any atom is -0.385 e. The Hall–Kier alpha value is -1.78. The number of nitro groups is 1. The molecule has 0 aliphatic rings. The van der Waals surface area contributed by atoms with Crippen LogP contribution < -0.4 is 10.6 Å². The fourth-order valence-electron chi connectivity index (χ4n) is 1.87. The Morgan fingerprint density at radius 1 is 1.21 bits per heavy atom. The van der Waals surface area contributed by atoms with Gasteiger partial charge in [0.1, 0.15) is 0 Å². The monoisotopic (exact) mass is 265 g/mol. The van der Waals surface area contributed by atoms with Crippen LogP contribution in [0.2, 0.25) is 0 Å². The molecule has 0 fully saturated rings. The van der Waals surface area contributed by atoms with Crippen LogP contribution in [0, 0.1) is 16.0 Å². The number of nitro benzene ring substituents is 1. The van der Waals surface area contributed by atoms with E-state index in [2.05, 4.69) is 24.5 Å². The number of nitrogens with zero attached hydrogens (tertiary/aromatic N) is 1. The summed E-state index contributed by atoms with van der Waals surface area (Å²) in [5, 5.41) is 17.2. The van der Waals surface area contributed by atoms with Crippen LogP contribution in [0.3, 0.4) is 0 Å². The third-order valence-electron chi connectivity index (χ3n) is 2.80. The van der Waals surface area contributed by atoms with Gasteiger partial charge in [-0.2, -0.15) is 0 Å². The van der Waals surface area contributed by atoms with Gasteiger partial charge in [-0.25, -0.2) is 0 Å². The SMILES string of the molecule is CCNc1cc(NCCCC(C)C)cc([N+](=O)[O-])c1. The molecule has 0 aliphatic carbocycles. The molecule has 0 radical (unpaired) electrons. The predicted molar refractivity (Wildman–Crippen MR) is 79.8 cm³/mol. The summed E-state index contributed by atoms with van der Waals surface area (Å²) in [6, 6.07) is 5.05. The predicted octanol–water partition coefficient (Wildman–Crippen LogP) is 3.87. The van der Waals surface area contributed by atoms with Gasteiger partial charge in [0.25, 0.3) is 5.69 Å². The maximum absolute atomic E-state index is 10.9. The van der Waals surface area contributed by atoms with Crippen molar-refractivity contribution in [1.82, 2.24) is 0 Å². The molecule has 19 heavy (non-hydrogen) atoms. The van der Waals surface area contributed by atoms with Gasteiger partial charge in [-0.15, -0.1) is 0 Å². The van der Waals surface area contributed by atoms with Crippen molar-refractivity contribution < 1.29 is 4.92 Å². The minimum atomic E-state index is -0.361. The van der Waals surface area contributed by atoms with Gasteiger partial charge in [-0.1, -0.05) is 13.8 Å². The Labute approximate surface area is 114 Å². The lowest BCUT2D eigenvalue weighted by molar-refractivity contribution is -0.384. The molecule has 5 heteroatoms. The highest BCUT2D eigenvalue weighted by molar-refractivity contribution is 5.63. The van der Waals surface area contributed by atoms with Crippen LogP contribution in [-0.2, 0) is 0 Å². The Bertz CT molecular complexity index is 419. The lowest BCUT2D eigenvalue weighted by atomic mass is 10.1. The number of hydrogen-bond acceptors (Lipinski definition) is 4. The summed E-state index contributed by atoms with van der Waals surface area (Å²) < 4.78 is 0. The van der Waals surface area contributed by atoms with E-state index in [9.17, 15) is 10.1 Å². The Morgan fingerprint density at radius 2 is 1.84 bits per heavy atom. The zero-order valence-corrected chi connectivity index (χ0v) is 11.9. The molecule has 106 valence electrons. The zero-order chi connectivity index (χ0) is 14.3. The van der Waals surface area contributed by atoms with Crippen molar-refractivity contribution in [2.75, 3.05) is 23.7 Å². The van der Waals surface area contributed by atoms with E-state index in [4.69, 9.17) is 0 Å². The Morgan fingerprint density at radius 3 is 2.37 bits per heavy atom. The van der Waals surface area contributed by atoms with E-state index in [-0.39, 0.29) is 10.6 Å². The molecule has 1 rings (SSSR count). The molecule has 5 nitrogen and oxygen atoms in total. The first-order valence-electron chi connectivity index (χ1n) is 6.80. The van der Waals surface area contributed by atoms with E-state index in [0.717, 1.165) is 37.3 Å². The normalized spacial score (nSPS) is 10.5. The van der Waals surface area contributed by atoms with Crippen molar-refractivity contribution in [3.63, 3.8) is 0 Å². The van der Waals surface area contributed by atoms with E-state index in [1.807, 2.05) is 13.0 Å². The van der Waals surface area contributed by atoms with Crippen molar-refractivity contribution in [1.29, 1.82) is 0 Å². The number of non-ortho nitro benzene ring substituents is 1. The highest BCUT2D eigenvalue weighted by Crippen LogP contribution is 2.24. The molecule has 0 heterocycles. The van der Waals surface area contributed by atoms with Gasteiger partial charge < -0.3 is 10.6 Å². The largest absolute Gasteiger partial charge is 0.385 e. The van der Waals surface area contributed by atoms with Crippen molar-refractivity contribution in [2.45, 2.75) is 33.6 Å². The summed E-state index contributed by atoms with van der Waals surface area (Å²) in [6.07, 6.45) is 2.22. The summed E-state index contributed by atoms with van der Waals surface area (Å²) in [4.78, 5) is 10.5. The maximum Gasteiger partial charge on any atom is 0.273 e. The smallest absolute Gasteiger partial charge is 0.273 e. The van der Waals surface area contributed by atoms with E-state index < -0.39 is 0 Å². The molecule has 0 aliphatic heterocycles. The Kier molecular flexibility index (Phi) is 6.12. The molecule has 0 bridgehead atoms. The quantitative estimate of drug-likeness (QED) is 0.425. The molecule has 0 saturated heterocycles. The highest BCUT2D eigenvalue weighted by atomic mass is 16.6. The van der Waals surface area contributed by atoms with Crippen LogP contribution in [0.25, 0.3) is 0 Å². The van der Waals surface area contributed by atoms with Crippen molar-refractivity contribution >= 4 is 17.1 Å². The first-order chi connectivity index (χ1) is 9.02. The van der Waals surface area contributed by atoms with Crippen molar-refractivity contribution in [2.24, 2.45) is 5.92 Å². The number of anilines is 2. The zero-order valence-electron chi connectivity index (χ0n) is 11.9. The molecule has 0 amide bonds. The number of rotatable bonds is 8. The van der Waals surface area contributed by atoms with Crippen LogP contribution in [0.15, 0.2) is 18.2 Å². The van der Waals surface area contributed by atoms with Gasteiger partial charge in [0.05, 0.1) is 4.92 Å².